The van der Waals surface area contributed by atoms with E-state index in [1.807, 2.05) is 36.7 Å². The molecule has 2 atom stereocenters. The van der Waals surface area contributed by atoms with Gasteiger partial charge in [0.05, 0.1) is 16.9 Å². The summed E-state index contributed by atoms with van der Waals surface area (Å²) in [6.07, 6.45) is 4.46. The molecule has 2 saturated heterocycles. The smallest absolute Gasteiger partial charge is 0.245 e. The van der Waals surface area contributed by atoms with Crippen LogP contribution in [0.25, 0.3) is 5.69 Å². The third kappa shape index (κ3) is 4.16. The van der Waals surface area contributed by atoms with Gasteiger partial charge in [-0.3, -0.25) is 14.5 Å². The van der Waals surface area contributed by atoms with Crippen molar-refractivity contribution in [3.63, 3.8) is 0 Å². The SMILES string of the molecule is CC(C)C[C@H]1NC(=O)[C@H]2CN(Cc3cnn(-c4ccccc4Cl)c3)CCN2C1=O. The first-order valence-corrected chi connectivity index (χ1v) is 10.4. The lowest BCUT2D eigenvalue weighted by Crippen LogP contribution is -2.69. The number of nitrogens with zero attached hydrogens (tertiary/aromatic N) is 4. The van der Waals surface area contributed by atoms with Gasteiger partial charge in [-0.15, -0.1) is 0 Å². The maximum absolute atomic E-state index is 12.8. The monoisotopic (exact) mass is 415 g/mol. The largest absolute Gasteiger partial charge is 0.342 e. The van der Waals surface area contributed by atoms with Gasteiger partial charge in [0.1, 0.15) is 12.1 Å². The minimum absolute atomic E-state index is 0.0493. The number of carbonyl (C=O) groups excluding carboxylic acids is 2. The molecule has 7 nitrogen and oxygen atoms in total. The zero-order chi connectivity index (χ0) is 20.5. The number of benzene rings is 1. The molecule has 0 saturated carbocycles. The quantitative estimate of drug-likeness (QED) is 0.811. The third-order valence-electron chi connectivity index (χ3n) is 5.51. The van der Waals surface area contributed by atoms with Crippen LogP contribution in [-0.4, -0.2) is 63.1 Å². The number of fused-ring (bicyclic) bond motifs is 1. The van der Waals surface area contributed by atoms with E-state index >= 15 is 0 Å². The van der Waals surface area contributed by atoms with Crippen molar-refractivity contribution < 1.29 is 9.59 Å². The minimum atomic E-state index is -0.418. The van der Waals surface area contributed by atoms with E-state index in [-0.39, 0.29) is 17.9 Å². The number of carbonyl (C=O) groups is 2. The number of aromatic nitrogens is 2. The van der Waals surface area contributed by atoms with E-state index in [9.17, 15) is 9.59 Å². The summed E-state index contributed by atoms with van der Waals surface area (Å²) >= 11 is 6.26. The maximum Gasteiger partial charge on any atom is 0.245 e. The van der Waals surface area contributed by atoms with Crippen molar-refractivity contribution in [2.24, 2.45) is 5.92 Å². The minimum Gasteiger partial charge on any atom is -0.342 e. The second-order valence-electron chi connectivity index (χ2n) is 8.22. The number of piperazine rings is 2. The van der Waals surface area contributed by atoms with Crippen LogP contribution in [0.5, 0.6) is 0 Å². The van der Waals surface area contributed by atoms with E-state index in [1.165, 1.54) is 0 Å². The molecule has 0 spiro atoms. The van der Waals surface area contributed by atoms with Gasteiger partial charge in [0.25, 0.3) is 0 Å². The predicted molar refractivity (Wildman–Crippen MR) is 111 cm³/mol. The molecule has 2 aromatic rings. The highest BCUT2D eigenvalue weighted by Crippen LogP contribution is 2.22. The molecule has 0 aliphatic carbocycles. The molecule has 1 aromatic carbocycles. The fraction of sp³-hybridized carbons (Fsp3) is 0.476. The molecular weight excluding hydrogens is 390 g/mol. The zero-order valence-corrected chi connectivity index (χ0v) is 17.5. The first-order chi connectivity index (χ1) is 13.9. The summed E-state index contributed by atoms with van der Waals surface area (Å²) in [7, 11) is 0. The van der Waals surface area contributed by atoms with Crippen LogP contribution in [0.3, 0.4) is 0 Å². The van der Waals surface area contributed by atoms with Crippen molar-refractivity contribution in [2.75, 3.05) is 19.6 Å². The van der Waals surface area contributed by atoms with Crippen LogP contribution >= 0.6 is 11.6 Å². The van der Waals surface area contributed by atoms with E-state index in [0.29, 0.717) is 37.0 Å². The van der Waals surface area contributed by atoms with Crippen LogP contribution in [0.4, 0.5) is 0 Å². The van der Waals surface area contributed by atoms with Gasteiger partial charge in [0, 0.05) is 37.9 Å². The Hall–Kier alpha value is -2.38. The van der Waals surface area contributed by atoms with E-state index in [2.05, 4.69) is 29.2 Å². The number of hydrogen-bond donors (Lipinski definition) is 1. The van der Waals surface area contributed by atoms with Crippen molar-refractivity contribution in [1.82, 2.24) is 24.9 Å². The lowest BCUT2D eigenvalue weighted by atomic mass is 9.97. The van der Waals surface area contributed by atoms with Crippen molar-refractivity contribution in [2.45, 2.75) is 38.9 Å². The number of nitrogens with one attached hydrogen (secondary N) is 1. The topological polar surface area (TPSA) is 70.5 Å². The number of rotatable bonds is 5. The van der Waals surface area contributed by atoms with Crippen LogP contribution < -0.4 is 5.32 Å². The first kappa shape index (κ1) is 19.9. The highest BCUT2D eigenvalue weighted by atomic mass is 35.5. The van der Waals surface area contributed by atoms with Crippen LogP contribution in [0.1, 0.15) is 25.8 Å². The molecule has 4 rings (SSSR count). The molecule has 0 unspecified atom stereocenters. The highest BCUT2D eigenvalue weighted by molar-refractivity contribution is 6.32. The summed E-state index contributed by atoms with van der Waals surface area (Å²) in [6.45, 7) is 6.64. The van der Waals surface area contributed by atoms with Crippen LogP contribution in [-0.2, 0) is 16.1 Å². The summed E-state index contributed by atoms with van der Waals surface area (Å²) < 4.78 is 1.77. The Kier molecular flexibility index (Phi) is 5.61. The second-order valence-corrected chi connectivity index (χ2v) is 8.63. The summed E-state index contributed by atoms with van der Waals surface area (Å²) in [5.41, 5.74) is 1.87. The standard InChI is InChI=1S/C21H26ClN5O2/c1-14(2)9-17-21(29)26-8-7-25(13-19(26)20(28)24-17)11-15-10-23-27(12-15)18-6-4-3-5-16(18)22/h3-6,10,12,14,17,19H,7-9,11,13H2,1-2H3,(H,24,28)/t17-,19-/m1/s1. The summed E-state index contributed by atoms with van der Waals surface area (Å²) in [4.78, 5) is 29.4. The molecule has 3 heterocycles. The molecule has 2 amide bonds. The Labute approximate surface area is 175 Å². The van der Waals surface area contributed by atoms with Gasteiger partial charge in [-0.2, -0.15) is 5.10 Å². The number of amides is 2. The van der Waals surface area contributed by atoms with Crippen molar-refractivity contribution in [3.05, 3.63) is 47.2 Å². The van der Waals surface area contributed by atoms with E-state index in [4.69, 9.17) is 11.6 Å². The van der Waals surface area contributed by atoms with Crippen LogP contribution in [0.15, 0.2) is 36.7 Å². The van der Waals surface area contributed by atoms with Gasteiger partial charge in [-0.25, -0.2) is 4.68 Å². The molecular formula is C21H26ClN5O2. The average Bonchev–Trinajstić information content (AvgIpc) is 3.14. The van der Waals surface area contributed by atoms with Crippen molar-refractivity contribution in [3.8, 4) is 5.69 Å². The van der Waals surface area contributed by atoms with Gasteiger partial charge >= 0.3 is 0 Å². The summed E-state index contributed by atoms with van der Waals surface area (Å²) in [5, 5.41) is 7.99. The Balaban J connectivity index is 1.41. The Morgan fingerprint density at radius 3 is 2.79 bits per heavy atom. The molecule has 29 heavy (non-hydrogen) atoms. The Bertz CT molecular complexity index is 912. The lowest BCUT2D eigenvalue weighted by Gasteiger charge is -2.45. The average molecular weight is 416 g/mol. The van der Waals surface area contributed by atoms with Gasteiger partial charge in [-0.1, -0.05) is 37.6 Å². The highest BCUT2D eigenvalue weighted by Gasteiger charge is 2.43. The molecule has 2 fully saturated rings. The van der Waals surface area contributed by atoms with E-state index in [0.717, 1.165) is 17.8 Å². The zero-order valence-electron chi connectivity index (χ0n) is 16.7. The summed E-state index contributed by atoms with van der Waals surface area (Å²) in [6, 6.07) is 6.76. The predicted octanol–water partition coefficient (Wildman–Crippen LogP) is 2.08. The van der Waals surface area contributed by atoms with Gasteiger partial charge < -0.3 is 10.2 Å². The van der Waals surface area contributed by atoms with Gasteiger partial charge in [-0.05, 0) is 24.5 Å². The lowest BCUT2D eigenvalue weighted by molar-refractivity contribution is -0.153. The number of halogens is 1. The Morgan fingerprint density at radius 1 is 1.24 bits per heavy atom. The molecule has 8 heteroatoms. The van der Waals surface area contributed by atoms with Gasteiger partial charge in [0.2, 0.25) is 11.8 Å². The molecule has 2 aliphatic heterocycles. The van der Waals surface area contributed by atoms with Crippen molar-refractivity contribution >= 4 is 23.4 Å². The number of hydrogen-bond acceptors (Lipinski definition) is 4. The molecule has 1 N–H and O–H groups in total. The molecule has 154 valence electrons. The molecule has 0 bridgehead atoms. The summed E-state index contributed by atoms with van der Waals surface area (Å²) in [5.74, 6) is 0.359. The normalized spacial score (nSPS) is 22.7. The fourth-order valence-electron chi connectivity index (χ4n) is 4.10. The van der Waals surface area contributed by atoms with Crippen LogP contribution in [0.2, 0.25) is 5.02 Å². The van der Waals surface area contributed by atoms with Crippen molar-refractivity contribution in [1.29, 1.82) is 0 Å². The first-order valence-electron chi connectivity index (χ1n) is 10.0. The Morgan fingerprint density at radius 2 is 2.03 bits per heavy atom. The molecule has 2 aliphatic rings. The molecule has 0 radical (unpaired) electrons. The maximum atomic E-state index is 12.8. The van der Waals surface area contributed by atoms with E-state index in [1.54, 1.807) is 9.58 Å². The van der Waals surface area contributed by atoms with E-state index < -0.39 is 6.04 Å². The van der Waals surface area contributed by atoms with Gasteiger partial charge in [0.15, 0.2) is 0 Å². The number of para-hydroxylation sites is 1. The fourth-order valence-corrected chi connectivity index (χ4v) is 4.32. The second kappa shape index (κ2) is 8.16. The third-order valence-corrected chi connectivity index (χ3v) is 5.83. The van der Waals surface area contributed by atoms with Crippen LogP contribution in [0, 0.1) is 5.92 Å². The molecule has 1 aromatic heterocycles.